The number of amides is 1. The first kappa shape index (κ1) is 18.8. The van der Waals surface area contributed by atoms with Gasteiger partial charge in [0, 0.05) is 25.6 Å². The maximum atomic E-state index is 12.6. The van der Waals surface area contributed by atoms with Crippen LogP contribution in [0, 0.1) is 16.0 Å². The molecule has 0 saturated heterocycles. The average molecular weight is 357 g/mol. The molecule has 2 N–H and O–H groups in total. The zero-order valence-electron chi connectivity index (χ0n) is 13.3. The maximum absolute atomic E-state index is 12.6. The molecule has 0 aromatic heterocycles. The third-order valence-electron chi connectivity index (χ3n) is 3.84. The minimum absolute atomic E-state index is 0.0222. The van der Waals surface area contributed by atoms with E-state index in [0.717, 1.165) is 25.0 Å². The highest BCUT2D eigenvalue weighted by molar-refractivity contribution is 5.76. The van der Waals surface area contributed by atoms with Crippen molar-refractivity contribution in [3.8, 4) is 0 Å². The highest BCUT2D eigenvalue weighted by atomic mass is 19.4. The highest BCUT2D eigenvalue weighted by Gasteiger charge is 2.33. The number of hydrogen-bond donors (Lipinski definition) is 2. The van der Waals surface area contributed by atoms with Crippen molar-refractivity contribution < 1.29 is 22.9 Å². The summed E-state index contributed by atoms with van der Waals surface area (Å²) >= 11 is 0. The number of halogens is 3. The molecule has 0 heterocycles. The van der Waals surface area contributed by atoms with Gasteiger partial charge in [-0.05, 0) is 30.9 Å². The van der Waals surface area contributed by atoms with Crippen molar-refractivity contribution in [2.75, 3.05) is 18.4 Å². The summed E-state index contributed by atoms with van der Waals surface area (Å²) in [6, 6.07) is 2.29. The number of nitrogens with zero attached hydrogens (tertiary/aromatic N) is 1. The number of rotatable bonds is 7. The Labute approximate surface area is 142 Å². The van der Waals surface area contributed by atoms with Crippen molar-refractivity contribution in [2.45, 2.75) is 25.4 Å². The maximum Gasteiger partial charge on any atom is 0.416 e. The Kier molecular flexibility index (Phi) is 6.00. The molecule has 0 fully saturated rings. The minimum Gasteiger partial charge on any atom is -0.378 e. The van der Waals surface area contributed by atoms with Crippen LogP contribution in [-0.4, -0.2) is 23.9 Å². The van der Waals surface area contributed by atoms with Crippen LogP contribution in [0.15, 0.2) is 30.4 Å². The molecule has 0 bridgehead atoms. The Morgan fingerprint density at radius 3 is 2.68 bits per heavy atom. The van der Waals surface area contributed by atoms with Crippen LogP contribution in [0.2, 0.25) is 0 Å². The summed E-state index contributed by atoms with van der Waals surface area (Å²) in [7, 11) is 0. The molecular formula is C16H18F3N3O3. The Balaban J connectivity index is 1.86. The van der Waals surface area contributed by atoms with Crippen LogP contribution in [0.4, 0.5) is 24.5 Å². The first-order valence-corrected chi connectivity index (χ1v) is 7.80. The van der Waals surface area contributed by atoms with Crippen LogP contribution < -0.4 is 10.6 Å². The number of allylic oxidation sites excluding steroid dienone is 2. The summed E-state index contributed by atoms with van der Waals surface area (Å²) in [5.74, 6) is 0.115. The van der Waals surface area contributed by atoms with Crippen molar-refractivity contribution in [3.63, 3.8) is 0 Å². The lowest BCUT2D eigenvalue weighted by atomic mass is 10.1. The fraction of sp³-hybridized carbons (Fsp3) is 0.438. The van der Waals surface area contributed by atoms with Crippen molar-refractivity contribution >= 4 is 17.3 Å². The molecule has 0 spiro atoms. The molecule has 1 aromatic rings. The molecule has 6 nitrogen and oxygen atoms in total. The predicted octanol–water partition coefficient (Wildman–Crippen LogP) is 3.50. The van der Waals surface area contributed by atoms with Gasteiger partial charge in [0.25, 0.3) is 5.69 Å². The van der Waals surface area contributed by atoms with Crippen molar-refractivity contribution in [1.29, 1.82) is 0 Å². The number of nitro benzene ring substituents is 1. The van der Waals surface area contributed by atoms with E-state index in [0.29, 0.717) is 12.5 Å². The second-order valence-corrected chi connectivity index (χ2v) is 5.73. The van der Waals surface area contributed by atoms with Gasteiger partial charge >= 0.3 is 6.18 Å². The van der Waals surface area contributed by atoms with Gasteiger partial charge in [0.15, 0.2) is 0 Å². The monoisotopic (exact) mass is 357 g/mol. The van der Waals surface area contributed by atoms with Gasteiger partial charge in [0.1, 0.15) is 5.69 Å². The van der Waals surface area contributed by atoms with Crippen LogP contribution in [0.25, 0.3) is 0 Å². The lowest BCUT2D eigenvalue weighted by Gasteiger charge is -2.12. The van der Waals surface area contributed by atoms with E-state index in [9.17, 15) is 28.1 Å². The highest BCUT2D eigenvalue weighted by Crippen LogP contribution is 2.34. The van der Waals surface area contributed by atoms with Gasteiger partial charge in [-0.1, -0.05) is 12.2 Å². The van der Waals surface area contributed by atoms with Gasteiger partial charge in [-0.25, -0.2) is 0 Å². The molecule has 1 aliphatic rings. The Morgan fingerprint density at radius 1 is 1.32 bits per heavy atom. The predicted molar refractivity (Wildman–Crippen MR) is 86.1 cm³/mol. The number of nitrogens with one attached hydrogen (secondary N) is 2. The van der Waals surface area contributed by atoms with Crippen molar-refractivity contribution in [2.24, 2.45) is 5.92 Å². The third kappa shape index (κ3) is 5.47. The number of carbonyl (C=O) groups is 1. The van der Waals surface area contributed by atoms with E-state index < -0.39 is 22.4 Å². The van der Waals surface area contributed by atoms with Gasteiger partial charge < -0.3 is 10.6 Å². The van der Waals surface area contributed by atoms with E-state index in [4.69, 9.17) is 0 Å². The number of anilines is 1. The second-order valence-electron chi connectivity index (χ2n) is 5.73. The summed E-state index contributed by atoms with van der Waals surface area (Å²) in [6.45, 7) is 0.381. The zero-order chi connectivity index (χ0) is 18.4. The molecule has 1 aliphatic carbocycles. The summed E-state index contributed by atoms with van der Waals surface area (Å²) in [5, 5.41) is 16.3. The third-order valence-corrected chi connectivity index (χ3v) is 3.84. The van der Waals surface area contributed by atoms with Crippen LogP contribution >= 0.6 is 0 Å². The number of benzene rings is 1. The summed E-state index contributed by atoms with van der Waals surface area (Å²) in [6.07, 6.45) is 1.69. The van der Waals surface area contributed by atoms with Gasteiger partial charge in [-0.3, -0.25) is 14.9 Å². The topological polar surface area (TPSA) is 84.3 Å². The largest absolute Gasteiger partial charge is 0.416 e. The molecule has 1 aromatic carbocycles. The molecule has 0 unspecified atom stereocenters. The van der Waals surface area contributed by atoms with E-state index in [1.165, 1.54) is 0 Å². The van der Waals surface area contributed by atoms with Crippen molar-refractivity contribution in [3.05, 3.63) is 46.0 Å². The van der Waals surface area contributed by atoms with Gasteiger partial charge in [0.05, 0.1) is 10.5 Å². The number of carbonyl (C=O) groups excluding carboxylic acids is 1. The van der Waals surface area contributed by atoms with Crippen LogP contribution in [0.3, 0.4) is 0 Å². The minimum atomic E-state index is -4.65. The molecule has 0 aliphatic heterocycles. The number of alkyl halides is 3. The quantitative estimate of drug-likeness (QED) is 0.339. The normalized spacial score (nSPS) is 16.7. The summed E-state index contributed by atoms with van der Waals surface area (Å²) < 4.78 is 37.9. The van der Waals surface area contributed by atoms with E-state index in [-0.39, 0.29) is 30.6 Å². The van der Waals surface area contributed by atoms with E-state index >= 15 is 0 Å². The zero-order valence-corrected chi connectivity index (χ0v) is 13.3. The molecule has 1 atom stereocenters. The van der Waals surface area contributed by atoms with Gasteiger partial charge in [-0.15, -0.1) is 0 Å². The van der Waals surface area contributed by atoms with Crippen molar-refractivity contribution in [1.82, 2.24) is 5.32 Å². The Bertz CT molecular complexity index is 674. The van der Waals surface area contributed by atoms with Gasteiger partial charge in [-0.2, -0.15) is 13.2 Å². The Morgan fingerprint density at radius 2 is 2.08 bits per heavy atom. The molecule has 0 radical (unpaired) electrons. The first-order valence-electron chi connectivity index (χ1n) is 7.80. The fourth-order valence-electron chi connectivity index (χ4n) is 2.58. The smallest absolute Gasteiger partial charge is 0.378 e. The SMILES string of the molecule is O=C(C[C@@H]1C=CCC1)NCCNc1ccc(C(F)(F)F)cc1[N+](=O)[O-]. The molecule has 1 amide bonds. The Hall–Kier alpha value is -2.58. The second kappa shape index (κ2) is 8.00. The average Bonchev–Trinajstić information content (AvgIpc) is 3.03. The standard InChI is InChI=1S/C16H18F3N3O3/c17-16(18,19)12-5-6-13(14(10-12)22(24)25)20-7-8-21-15(23)9-11-3-1-2-4-11/h1,3,5-6,10-11,20H,2,4,7-9H2,(H,21,23)/t11-/m1/s1. The number of nitro groups is 1. The summed E-state index contributed by atoms with van der Waals surface area (Å²) in [4.78, 5) is 21.8. The van der Waals surface area contributed by atoms with E-state index in [1.807, 2.05) is 12.2 Å². The number of hydrogen-bond acceptors (Lipinski definition) is 4. The first-order chi connectivity index (χ1) is 11.8. The van der Waals surface area contributed by atoms with Gasteiger partial charge in [0.2, 0.25) is 5.91 Å². The molecule has 136 valence electrons. The molecule has 2 rings (SSSR count). The lowest BCUT2D eigenvalue weighted by molar-refractivity contribution is -0.384. The molecule has 0 saturated carbocycles. The van der Waals surface area contributed by atoms with Crippen LogP contribution in [-0.2, 0) is 11.0 Å². The molecule has 25 heavy (non-hydrogen) atoms. The fourth-order valence-corrected chi connectivity index (χ4v) is 2.58. The van der Waals surface area contributed by atoms with Crippen LogP contribution in [0.1, 0.15) is 24.8 Å². The lowest BCUT2D eigenvalue weighted by Crippen LogP contribution is -2.29. The molecule has 9 heteroatoms. The molecular weight excluding hydrogens is 339 g/mol. The summed E-state index contributed by atoms with van der Waals surface area (Å²) in [5.41, 5.74) is -1.76. The van der Waals surface area contributed by atoms with E-state index in [2.05, 4.69) is 10.6 Å². The van der Waals surface area contributed by atoms with Crippen LogP contribution in [0.5, 0.6) is 0 Å². The van der Waals surface area contributed by atoms with E-state index in [1.54, 1.807) is 0 Å².